The smallest absolute Gasteiger partial charge is 0.246 e. The standard InChI is InChI=1S/C13H19BrCl2N2O2S/c1-4-18(7-5-6-17(2)3)21(19,20)13-11(15)8-10(14)9-12(13)16/h8-9H,4-7H2,1-3H3. The maximum atomic E-state index is 12.7. The van der Waals surface area contributed by atoms with Crippen molar-refractivity contribution in [2.75, 3.05) is 33.7 Å². The zero-order valence-electron chi connectivity index (χ0n) is 12.2. The molecule has 4 nitrogen and oxygen atoms in total. The third kappa shape index (κ3) is 5.08. The number of nitrogens with zero attached hydrogens (tertiary/aromatic N) is 2. The Labute approximate surface area is 145 Å². The Morgan fingerprint density at radius 1 is 1.14 bits per heavy atom. The van der Waals surface area contributed by atoms with Gasteiger partial charge in [-0.1, -0.05) is 46.1 Å². The van der Waals surface area contributed by atoms with Gasteiger partial charge in [-0.25, -0.2) is 8.42 Å². The first kappa shape index (κ1) is 19.2. The van der Waals surface area contributed by atoms with E-state index in [1.54, 1.807) is 6.92 Å². The minimum absolute atomic E-state index is 0.0271. The minimum Gasteiger partial charge on any atom is -0.309 e. The highest BCUT2D eigenvalue weighted by Gasteiger charge is 2.28. The first-order valence-corrected chi connectivity index (χ1v) is 9.48. The summed E-state index contributed by atoms with van der Waals surface area (Å²) in [4.78, 5) is 1.99. The highest BCUT2D eigenvalue weighted by Crippen LogP contribution is 2.34. The van der Waals surface area contributed by atoms with E-state index in [-0.39, 0.29) is 14.9 Å². The Morgan fingerprint density at radius 3 is 2.10 bits per heavy atom. The maximum Gasteiger partial charge on any atom is 0.246 e. The molecule has 0 aromatic heterocycles. The van der Waals surface area contributed by atoms with Crippen molar-refractivity contribution in [2.24, 2.45) is 0 Å². The number of sulfonamides is 1. The predicted molar refractivity (Wildman–Crippen MR) is 91.8 cm³/mol. The molecule has 8 heteroatoms. The number of rotatable bonds is 7. The molecule has 1 aromatic carbocycles. The first-order chi connectivity index (χ1) is 9.70. The molecule has 0 spiro atoms. The van der Waals surface area contributed by atoms with Gasteiger partial charge in [-0.05, 0) is 39.2 Å². The SMILES string of the molecule is CCN(CCCN(C)C)S(=O)(=O)c1c(Cl)cc(Br)cc1Cl. The predicted octanol–water partition coefficient (Wildman–Crippen LogP) is 3.72. The Morgan fingerprint density at radius 2 is 1.67 bits per heavy atom. The molecular weight excluding hydrogens is 399 g/mol. The van der Waals surface area contributed by atoms with Crippen LogP contribution >= 0.6 is 39.1 Å². The van der Waals surface area contributed by atoms with Gasteiger partial charge >= 0.3 is 0 Å². The van der Waals surface area contributed by atoms with E-state index in [1.165, 1.54) is 16.4 Å². The molecule has 0 fully saturated rings. The lowest BCUT2D eigenvalue weighted by Crippen LogP contribution is -2.33. The van der Waals surface area contributed by atoms with Gasteiger partial charge in [0.2, 0.25) is 10.0 Å². The van der Waals surface area contributed by atoms with Crippen LogP contribution in [0.5, 0.6) is 0 Å². The highest BCUT2D eigenvalue weighted by atomic mass is 79.9. The summed E-state index contributed by atoms with van der Waals surface area (Å²) in [5.74, 6) is 0. The lowest BCUT2D eigenvalue weighted by atomic mass is 10.4. The van der Waals surface area contributed by atoms with Gasteiger partial charge in [0, 0.05) is 17.6 Å². The van der Waals surface area contributed by atoms with E-state index in [1.807, 2.05) is 19.0 Å². The molecule has 0 aliphatic rings. The van der Waals surface area contributed by atoms with Crippen molar-refractivity contribution >= 4 is 49.2 Å². The van der Waals surface area contributed by atoms with Gasteiger partial charge in [0.1, 0.15) is 4.90 Å². The molecule has 0 atom stereocenters. The van der Waals surface area contributed by atoms with Crippen molar-refractivity contribution in [3.05, 3.63) is 26.7 Å². The topological polar surface area (TPSA) is 40.6 Å². The number of benzene rings is 1. The summed E-state index contributed by atoms with van der Waals surface area (Å²) >= 11 is 15.4. The Bertz CT molecular complexity index is 571. The molecule has 0 N–H and O–H groups in total. The summed E-state index contributed by atoms with van der Waals surface area (Å²) in [6, 6.07) is 3.07. The lowest BCUT2D eigenvalue weighted by molar-refractivity contribution is 0.356. The summed E-state index contributed by atoms with van der Waals surface area (Å²) in [7, 11) is 0.206. The molecule has 1 rings (SSSR count). The third-order valence-corrected chi connectivity index (χ3v) is 6.28. The monoisotopic (exact) mass is 416 g/mol. The average Bonchev–Trinajstić information content (AvgIpc) is 2.32. The van der Waals surface area contributed by atoms with E-state index >= 15 is 0 Å². The summed E-state index contributed by atoms with van der Waals surface area (Å²) in [6.45, 7) is 3.42. The van der Waals surface area contributed by atoms with Crippen LogP contribution in [0.3, 0.4) is 0 Å². The second kappa shape index (κ2) is 8.13. The zero-order valence-corrected chi connectivity index (χ0v) is 16.2. The average molecular weight is 418 g/mol. The zero-order chi connectivity index (χ0) is 16.2. The largest absolute Gasteiger partial charge is 0.309 e. The van der Waals surface area contributed by atoms with Gasteiger partial charge in [0.25, 0.3) is 0 Å². The van der Waals surface area contributed by atoms with Gasteiger partial charge in [0.15, 0.2) is 0 Å². The molecule has 0 heterocycles. The second-order valence-electron chi connectivity index (χ2n) is 4.85. The molecular formula is C13H19BrCl2N2O2S. The van der Waals surface area contributed by atoms with Crippen LogP contribution < -0.4 is 0 Å². The number of hydrogen-bond acceptors (Lipinski definition) is 3. The van der Waals surface area contributed by atoms with Crippen LogP contribution in [0.25, 0.3) is 0 Å². The first-order valence-electron chi connectivity index (χ1n) is 6.49. The highest BCUT2D eigenvalue weighted by molar-refractivity contribution is 9.10. The van der Waals surface area contributed by atoms with Gasteiger partial charge < -0.3 is 4.90 Å². The van der Waals surface area contributed by atoms with Crippen molar-refractivity contribution in [1.82, 2.24) is 9.21 Å². The van der Waals surface area contributed by atoms with Crippen LogP contribution in [0.2, 0.25) is 10.0 Å². The van der Waals surface area contributed by atoms with Crippen molar-refractivity contribution in [3.63, 3.8) is 0 Å². The van der Waals surface area contributed by atoms with E-state index in [0.29, 0.717) is 17.6 Å². The van der Waals surface area contributed by atoms with E-state index < -0.39 is 10.0 Å². The van der Waals surface area contributed by atoms with Gasteiger partial charge in [-0.15, -0.1) is 0 Å². The fourth-order valence-electron chi connectivity index (χ4n) is 1.92. The molecule has 0 aliphatic heterocycles. The van der Waals surface area contributed by atoms with E-state index in [0.717, 1.165) is 13.0 Å². The summed E-state index contributed by atoms with van der Waals surface area (Å²) in [5, 5.41) is 0.251. The molecule has 21 heavy (non-hydrogen) atoms. The lowest BCUT2D eigenvalue weighted by Gasteiger charge is -2.22. The van der Waals surface area contributed by atoms with Gasteiger partial charge in [0.05, 0.1) is 10.0 Å². The summed E-state index contributed by atoms with van der Waals surface area (Å²) in [6.07, 6.45) is 0.742. The summed E-state index contributed by atoms with van der Waals surface area (Å²) in [5.41, 5.74) is 0. The van der Waals surface area contributed by atoms with Crippen LogP contribution in [-0.2, 0) is 10.0 Å². The maximum absolute atomic E-state index is 12.7. The second-order valence-corrected chi connectivity index (χ2v) is 8.46. The number of halogens is 3. The molecule has 0 aliphatic carbocycles. The molecule has 0 amide bonds. The van der Waals surface area contributed by atoms with Crippen molar-refractivity contribution in [1.29, 1.82) is 0 Å². The van der Waals surface area contributed by atoms with E-state index in [4.69, 9.17) is 23.2 Å². The van der Waals surface area contributed by atoms with Crippen LogP contribution in [0, 0.1) is 0 Å². The molecule has 1 aromatic rings. The number of hydrogen-bond donors (Lipinski definition) is 0. The fourth-order valence-corrected chi connectivity index (χ4v) is 5.29. The third-order valence-electron chi connectivity index (χ3n) is 2.93. The minimum atomic E-state index is -3.70. The normalized spacial score (nSPS) is 12.4. The molecule has 120 valence electrons. The van der Waals surface area contributed by atoms with Crippen molar-refractivity contribution in [2.45, 2.75) is 18.2 Å². The van der Waals surface area contributed by atoms with Crippen LogP contribution in [0.15, 0.2) is 21.5 Å². The Kier molecular flexibility index (Phi) is 7.43. The molecule has 0 unspecified atom stereocenters. The molecule has 0 bridgehead atoms. The quantitative estimate of drug-likeness (QED) is 0.678. The molecule has 0 radical (unpaired) electrons. The van der Waals surface area contributed by atoms with Crippen LogP contribution in [-0.4, -0.2) is 51.4 Å². The van der Waals surface area contributed by atoms with E-state index in [9.17, 15) is 8.42 Å². The fraction of sp³-hybridized carbons (Fsp3) is 0.538. The van der Waals surface area contributed by atoms with Crippen LogP contribution in [0.4, 0.5) is 0 Å². The Balaban J connectivity index is 3.08. The van der Waals surface area contributed by atoms with Crippen LogP contribution in [0.1, 0.15) is 13.3 Å². The van der Waals surface area contributed by atoms with Gasteiger partial charge in [-0.3, -0.25) is 0 Å². The van der Waals surface area contributed by atoms with Gasteiger partial charge in [-0.2, -0.15) is 4.31 Å². The molecule has 0 saturated carbocycles. The van der Waals surface area contributed by atoms with E-state index in [2.05, 4.69) is 15.9 Å². The molecule has 0 saturated heterocycles. The van der Waals surface area contributed by atoms with Crippen molar-refractivity contribution < 1.29 is 8.42 Å². The van der Waals surface area contributed by atoms with Crippen molar-refractivity contribution in [3.8, 4) is 0 Å². The Hall–Kier alpha value is 0.150. The summed E-state index contributed by atoms with van der Waals surface area (Å²) < 4.78 is 27.5.